The van der Waals surface area contributed by atoms with Gasteiger partial charge in [0, 0.05) is 24.0 Å². The van der Waals surface area contributed by atoms with Crippen molar-refractivity contribution in [1.82, 2.24) is 20.2 Å². The van der Waals surface area contributed by atoms with Crippen LogP contribution in [-0.4, -0.2) is 45.8 Å². The fourth-order valence-electron chi connectivity index (χ4n) is 2.65. The van der Waals surface area contributed by atoms with Crippen molar-refractivity contribution >= 4 is 23.2 Å². The number of nitrogens with one attached hydrogen (secondary N) is 1. The molecule has 3 rings (SSSR count). The molecular weight excluding hydrogens is 338 g/mol. The lowest BCUT2D eigenvalue weighted by Crippen LogP contribution is -2.42. The minimum absolute atomic E-state index is 0.115. The molecule has 3 heterocycles. The van der Waals surface area contributed by atoms with Crippen molar-refractivity contribution in [3.63, 3.8) is 0 Å². The second kappa shape index (κ2) is 7.40. The van der Waals surface area contributed by atoms with Gasteiger partial charge in [-0.3, -0.25) is 14.6 Å². The van der Waals surface area contributed by atoms with Crippen LogP contribution >= 0.6 is 11.3 Å². The summed E-state index contributed by atoms with van der Waals surface area (Å²) in [7, 11) is 0. The van der Waals surface area contributed by atoms with Crippen molar-refractivity contribution in [1.29, 1.82) is 5.26 Å². The van der Waals surface area contributed by atoms with Crippen LogP contribution in [0.1, 0.15) is 28.2 Å². The third-order valence-electron chi connectivity index (χ3n) is 4.01. The lowest BCUT2D eigenvalue weighted by atomic mass is 10.2. The highest BCUT2D eigenvalue weighted by atomic mass is 32.1. The molecule has 0 unspecified atom stereocenters. The maximum atomic E-state index is 12.2. The van der Waals surface area contributed by atoms with Crippen LogP contribution < -0.4 is 5.32 Å². The van der Waals surface area contributed by atoms with Crippen molar-refractivity contribution < 1.29 is 9.59 Å². The largest absolute Gasteiger partial charge is 0.342 e. The summed E-state index contributed by atoms with van der Waals surface area (Å²) in [5, 5.41) is 12.3. The first-order valence-electron chi connectivity index (χ1n) is 7.94. The molecule has 0 aromatic carbocycles. The van der Waals surface area contributed by atoms with Crippen LogP contribution in [0.5, 0.6) is 0 Å². The van der Waals surface area contributed by atoms with Gasteiger partial charge in [0.25, 0.3) is 5.91 Å². The molecule has 0 saturated carbocycles. The van der Waals surface area contributed by atoms with E-state index in [9.17, 15) is 9.59 Å². The molecule has 0 spiro atoms. The molecule has 1 aliphatic rings. The highest BCUT2D eigenvalue weighted by Crippen LogP contribution is 2.24. The molecule has 1 atom stereocenters. The molecule has 1 N–H and O–H groups in total. The van der Waals surface area contributed by atoms with E-state index in [-0.39, 0.29) is 24.4 Å². The van der Waals surface area contributed by atoms with E-state index in [1.165, 1.54) is 22.4 Å². The Morgan fingerprint density at radius 3 is 2.96 bits per heavy atom. The van der Waals surface area contributed by atoms with E-state index in [4.69, 9.17) is 5.26 Å². The maximum Gasteiger partial charge on any atom is 0.263 e. The molecule has 2 aromatic heterocycles. The number of nitrogens with zero attached hydrogens (tertiary/aromatic N) is 4. The van der Waals surface area contributed by atoms with Crippen molar-refractivity contribution in [3.8, 4) is 16.6 Å². The Hall–Kier alpha value is -2.79. The number of thiazole rings is 1. The third-order valence-corrected chi connectivity index (χ3v) is 5.06. The molecule has 25 heavy (non-hydrogen) atoms. The fourth-order valence-corrected chi connectivity index (χ4v) is 3.47. The predicted octanol–water partition coefficient (Wildman–Crippen LogP) is 1.76. The van der Waals surface area contributed by atoms with E-state index in [0.29, 0.717) is 22.9 Å². The number of carbonyl (C=O) groups is 2. The highest BCUT2D eigenvalue weighted by molar-refractivity contribution is 7.16. The van der Waals surface area contributed by atoms with Crippen LogP contribution in [0.3, 0.4) is 0 Å². The molecule has 8 heteroatoms. The number of rotatable bonds is 4. The number of aromatic nitrogens is 2. The number of amides is 2. The number of carbonyl (C=O) groups excluding carboxylic acids is 2. The average Bonchev–Trinajstić information content (AvgIpc) is 3.29. The van der Waals surface area contributed by atoms with Gasteiger partial charge in [-0.2, -0.15) is 5.26 Å². The molecule has 1 aliphatic heterocycles. The Morgan fingerprint density at radius 2 is 2.24 bits per heavy atom. The summed E-state index contributed by atoms with van der Waals surface area (Å²) in [5.41, 5.74) is 1.76. The van der Waals surface area contributed by atoms with Gasteiger partial charge in [-0.1, -0.05) is 0 Å². The van der Waals surface area contributed by atoms with Crippen LogP contribution in [0.2, 0.25) is 0 Å². The number of likely N-dealkylation sites (tertiary alicyclic amines) is 1. The van der Waals surface area contributed by atoms with Crippen molar-refractivity contribution in [2.24, 2.45) is 0 Å². The number of nitriles is 1. The molecule has 0 aliphatic carbocycles. The maximum absolute atomic E-state index is 12.2. The normalized spacial score (nSPS) is 16.5. The van der Waals surface area contributed by atoms with Gasteiger partial charge in [0.05, 0.1) is 18.8 Å². The first-order chi connectivity index (χ1) is 12.1. The predicted molar refractivity (Wildman–Crippen MR) is 92.8 cm³/mol. The van der Waals surface area contributed by atoms with Crippen LogP contribution in [0.15, 0.2) is 24.5 Å². The molecular formula is C17H17N5O2S. The minimum Gasteiger partial charge on any atom is -0.342 e. The summed E-state index contributed by atoms with van der Waals surface area (Å²) in [4.78, 5) is 34.8. The molecule has 128 valence electrons. The van der Waals surface area contributed by atoms with E-state index < -0.39 is 0 Å². The Kier molecular flexibility index (Phi) is 5.05. The van der Waals surface area contributed by atoms with E-state index >= 15 is 0 Å². The summed E-state index contributed by atoms with van der Waals surface area (Å²) in [5.74, 6) is -0.574. The average molecular weight is 355 g/mol. The molecule has 1 fully saturated rings. The van der Waals surface area contributed by atoms with Crippen LogP contribution in [0.25, 0.3) is 10.6 Å². The lowest BCUT2D eigenvalue weighted by molar-refractivity contribution is -0.130. The molecule has 2 aromatic rings. The zero-order chi connectivity index (χ0) is 17.8. The Morgan fingerprint density at radius 1 is 1.40 bits per heavy atom. The number of hydrogen-bond acceptors (Lipinski definition) is 6. The number of aryl methyl sites for hydroxylation is 1. The quantitative estimate of drug-likeness (QED) is 0.901. The van der Waals surface area contributed by atoms with Gasteiger partial charge < -0.3 is 10.2 Å². The molecule has 7 nitrogen and oxygen atoms in total. The minimum atomic E-state index is -0.381. The van der Waals surface area contributed by atoms with Gasteiger partial charge in [0.15, 0.2) is 0 Å². The van der Waals surface area contributed by atoms with Gasteiger partial charge in [-0.05, 0) is 31.9 Å². The third kappa shape index (κ3) is 3.83. The summed E-state index contributed by atoms with van der Waals surface area (Å²) >= 11 is 1.25. The van der Waals surface area contributed by atoms with Gasteiger partial charge in [0.2, 0.25) is 5.91 Å². The monoisotopic (exact) mass is 355 g/mol. The van der Waals surface area contributed by atoms with Gasteiger partial charge in [-0.25, -0.2) is 4.98 Å². The highest BCUT2D eigenvalue weighted by Gasteiger charge is 2.28. The SMILES string of the molecule is Cc1ccc(-c2ncc(C(=O)NCC(=O)N3CCC[C@H]3C#N)s2)cn1. The second-order valence-corrected chi connectivity index (χ2v) is 6.81. The Balaban J connectivity index is 1.60. The second-order valence-electron chi connectivity index (χ2n) is 5.77. The summed E-state index contributed by atoms with van der Waals surface area (Å²) in [6, 6.07) is 5.53. The Labute approximate surface area is 149 Å². The Bertz CT molecular complexity index is 824. The summed E-state index contributed by atoms with van der Waals surface area (Å²) in [6.07, 6.45) is 4.72. The van der Waals surface area contributed by atoms with Crippen LogP contribution in [0.4, 0.5) is 0 Å². The molecule has 0 radical (unpaired) electrons. The van der Waals surface area contributed by atoms with E-state index in [1.807, 2.05) is 19.1 Å². The van der Waals surface area contributed by atoms with E-state index in [2.05, 4.69) is 21.4 Å². The van der Waals surface area contributed by atoms with Gasteiger partial charge in [-0.15, -0.1) is 11.3 Å². The van der Waals surface area contributed by atoms with E-state index in [0.717, 1.165) is 17.7 Å². The standard InChI is InChI=1S/C17H17N5O2S/c1-11-4-5-12(8-19-11)17-21-9-14(25-17)16(24)20-10-15(23)22-6-2-3-13(22)7-18/h4-5,8-9,13H,2-3,6,10H2,1H3,(H,20,24)/t13-/m0/s1. The number of hydrogen-bond donors (Lipinski definition) is 1. The zero-order valence-corrected chi connectivity index (χ0v) is 14.5. The van der Waals surface area contributed by atoms with Crippen molar-refractivity contribution in [2.75, 3.05) is 13.1 Å². The first kappa shape index (κ1) is 17.0. The molecule has 1 saturated heterocycles. The zero-order valence-electron chi connectivity index (χ0n) is 13.7. The van der Waals surface area contributed by atoms with Crippen LogP contribution in [0, 0.1) is 18.3 Å². The van der Waals surface area contributed by atoms with Gasteiger partial charge in [0.1, 0.15) is 15.9 Å². The number of pyridine rings is 1. The smallest absolute Gasteiger partial charge is 0.263 e. The lowest BCUT2D eigenvalue weighted by Gasteiger charge is -2.19. The molecule has 0 bridgehead atoms. The van der Waals surface area contributed by atoms with Gasteiger partial charge >= 0.3 is 0 Å². The van der Waals surface area contributed by atoms with E-state index in [1.54, 1.807) is 6.20 Å². The van der Waals surface area contributed by atoms with Crippen molar-refractivity contribution in [3.05, 3.63) is 35.1 Å². The summed E-state index contributed by atoms with van der Waals surface area (Å²) < 4.78 is 0. The van der Waals surface area contributed by atoms with Crippen LogP contribution in [-0.2, 0) is 4.79 Å². The first-order valence-corrected chi connectivity index (χ1v) is 8.76. The fraction of sp³-hybridized carbons (Fsp3) is 0.353. The molecule has 2 amide bonds. The van der Waals surface area contributed by atoms with Crippen molar-refractivity contribution in [2.45, 2.75) is 25.8 Å². The summed E-state index contributed by atoms with van der Waals surface area (Å²) in [6.45, 7) is 2.35. The topological polar surface area (TPSA) is 99.0 Å².